The maximum absolute atomic E-state index is 5.84. The van der Waals surface area contributed by atoms with Crippen LogP contribution < -0.4 is 9.47 Å². The van der Waals surface area contributed by atoms with Gasteiger partial charge < -0.3 is 13.9 Å². The average Bonchev–Trinajstić information content (AvgIpc) is 3.37. The number of rotatable bonds is 5. The zero-order valence-corrected chi connectivity index (χ0v) is 14.9. The molecule has 0 saturated heterocycles. The molecule has 0 fully saturated rings. The van der Waals surface area contributed by atoms with Gasteiger partial charge in [0.15, 0.2) is 0 Å². The van der Waals surface area contributed by atoms with E-state index in [1.54, 1.807) is 26.6 Å². The van der Waals surface area contributed by atoms with Crippen LogP contribution in [0.3, 0.4) is 0 Å². The molecule has 3 heterocycles. The third kappa shape index (κ3) is 2.91. The molecule has 26 heavy (non-hydrogen) atoms. The lowest BCUT2D eigenvalue weighted by Gasteiger charge is -2.09. The van der Waals surface area contributed by atoms with Crippen molar-refractivity contribution in [2.75, 3.05) is 14.2 Å². The first kappa shape index (κ1) is 16.2. The Bertz CT molecular complexity index is 1010. The number of ether oxygens (including phenoxy) is 2. The van der Waals surface area contributed by atoms with E-state index in [1.165, 1.54) is 11.3 Å². The smallest absolute Gasteiger partial charge is 0.267 e. The largest absolute Gasteiger partial charge is 0.496 e. The Labute approximate surface area is 153 Å². The minimum atomic E-state index is 0.310. The molecule has 4 aromatic rings. The summed E-state index contributed by atoms with van der Waals surface area (Å²) in [6, 6.07) is 9.28. The van der Waals surface area contributed by atoms with Crippen molar-refractivity contribution in [1.82, 2.24) is 20.2 Å². The second-order valence-electron chi connectivity index (χ2n) is 5.23. The summed E-state index contributed by atoms with van der Waals surface area (Å²) in [5.41, 5.74) is 2.16. The molecule has 1 aromatic carbocycles. The van der Waals surface area contributed by atoms with E-state index in [1.807, 2.05) is 35.7 Å². The van der Waals surface area contributed by atoms with Crippen LogP contribution in [0.2, 0.25) is 0 Å². The molecule has 0 N–H and O–H groups in total. The Kier molecular flexibility index (Phi) is 4.32. The minimum Gasteiger partial charge on any atom is -0.496 e. The van der Waals surface area contributed by atoms with Gasteiger partial charge >= 0.3 is 0 Å². The van der Waals surface area contributed by atoms with Crippen LogP contribution in [0.1, 0.15) is 0 Å². The topological polar surface area (TPSA) is 83.2 Å². The summed E-state index contributed by atoms with van der Waals surface area (Å²) < 4.78 is 16.6. The molecule has 0 aliphatic rings. The molecule has 0 bridgehead atoms. The van der Waals surface area contributed by atoms with Gasteiger partial charge in [0.05, 0.1) is 14.2 Å². The number of methoxy groups -OCH3 is 2. The lowest BCUT2D eigenvalue weighted by molar-refractivity contribution is 0.394. The van der Waals surface area contributed by atoms with Crippen LogP contribution in [0.25, 0.3) is 33.6 Å². The molecule has 0 saturated carbocycles. The van der Waals surface area contributed by atoms with Crippen molar-refractivity contribution in [3.63, 3.8) is 0 Å². The fourth-order valence-corrected chi connectivity index (χ4v) is 3.27. The van der Waals surface area contributed by atoms with E-state index in [2.05, 4.69) is 20.2 Å². The van der Waals surface area contributed by atoms with E-state index < -0.39 is 0 Å². The van der Waals surface area contributed by atoms with Crippen molar-refractivity contribution in [2.24, 2.45) is 0 Å². The number of hydrogen-bond donors (Lipinski definition) is 0. The molecule has 8 heteroatoms. The maximum atomic E-state index is 5.84. The zero-order valence-electron chi connectivity index (χ0n) is 14.0. The highest BCUT2D eigenvalue weighted by molar-refractivity contribution is 7.13. The van der Waals surface area contributed by atoms with Gasteiger partial charge in [0.1, 0.15) is 27.8 Å². The quantitative estimate of drug-likeness (QED) is 0.529. The normalized spacial score (nSPS) is 10.7. The molecule has 130 valence electrons. The molecule has 3 aromatic heterocycles. The van der Waals surface area contributed by atoms with E-state index in [-0.39, 0.29) is 0 Å². The minimum absolute atomic E-state index is 0.310. The van der Waals surface area contributed by atoms with Gasteiger partial charge in [-0.25, -0.2) is 4.98 Å². The fraction of sp³-hybridized carbons (Fsp3) is 0.111. The number of aromatic nitrogens is 4. The van der Waals surface area contributed by atoms with Crippen LogP contribution in [-0.2, 0) is 0 Å². The SMILES string of the molecule is COc1cccc(OC)c1-c1nnc(-c2csc(-c3cccnc3)n2)o1. The van der Waals surface area contributed by atoms with Gasteiger partial charge in [-0.15, -0.1) is 21.5 Å². The molecule has 0 aliphatic heterocycles. The summed E-state index contributed by atoms with van der Waals surface area (Å²) in [4.78, 5) is 8.68. The zero-order chi connectivity index (χ0) is 17.9. The van der Waals surface area contributed by atoms with Crippen molar-refractivity contribution < 1.29 is 13.9 Å². The highest BCUT2D eigenvalue weighted by Crippen LogP contribution is 2.38. The van der Waals surface area contributed by atoms with Crippen molar-refractivity contribution in [3.8, 4) is 45.1 Å². The summed E-state index contributed by atoms with van der Waals surface area (Å²) in [5.74, 6) is 1.83. The fourth-order valence-electron chi connectivity index (χ4n) is 2.48. The molecular formula is C18H14N4O3S. The highest BCUT2D eigenvalue weighted by Gasteiger charge is 2.20. The Hall–Kier alpha value is -3.26. The van der Waals surface area contributed by atoms with Crippen LogP contribution in [0, 0.1) is 0 Å². The summed E-state index contributed by atoms with van der Waals surface area (Å²) in [7, 11) is 3.16. The van der Waals surface area contributed by atoms with Gasteiger partial charge in [0.25, 0.3) is 11.8 Å². The number of nitrogens with zero attached hydrogens (tertiary/aromatic N) is 4. The summed E-state index contributed by atoms with van der Waals surface area (Å²) in [5, 5.41) is 11.0. The van der Waals surface area contributed by atoms with Gasteiger partial charge in [0.2, 0.25) is 0 Å². The molecule has 0 radical (unpaired) electrons. The third-order valence-corrected chi connectivity index (χ3v) is 4.59. The lowest BCUT2D eigenvalue weighted by atomic mass is 10.2. The Morgan fingerprint density at radius 1 is 0.962 bits per heavy atom. The Balaban J connectivity index is 1.71. The molecule has 4 rings (SSSR count). The number of thiazole rings is 1. The number of benzene rings is 1. The molecule has 0 aliphatic carbocycles. The number of pyridine rings is 1. The van der Waals surface area contributed by atoms with Crippen molar-refractivity contribution in [2.45, 2.75) is 0 Å². The van der Waals surface area contributed by atoms with E-state index >= 15 is 0 Å². The number of hydrogen-bond acceptors (Lipinski definition) is 8. The summed E-state index contributed by atoms with van der Waals surface area (Å²) in [6.07, 6.45) is 3.49. The first-order valence-corrected chi connectivity index (χ1v) is 8.59. The van der Waals surface area contributed by atoms with Crippen molar-refractivity contribution in [1.29, 1.82) is 0 Å². The van der Waals surface area contributed by atoms with E-state index in [0.29, 0.717) is 34.5 Å². The van der Waals surface area contributed by atoms with E-state index in [0.717, 1.165) is 10.6 Å². The van der Waals surface area contributed by atoms with E-state index in [9.17, 15) is 0 Å². The molecule has 0 spiro atoms. The van der Waals surface area contributed by atoms with E-state index in [4.69, 9.17) is 13.9 Å². The molecule has 7 nitrogen and oxygen atoms in total. The van der Waals surface area contributed by atoms with Gasteiger partial charge in [-0.05, 0) is 24.3 Å². The standard InChI is InChI=1S/C18H14N4O3S/c1-23-13-6-3-7-14(24-2)15(13)17-22-21-16(25-17)12-10-26-18(20-12)11-5-4-8-19-9-11/h3-10H,1-2H3. The van der Waals surface area contributed by atoms with Gasteiger partial charge in [-0.1, -0.05) is 6.07 Å². The molecule has 0 amide bonds. The van der Waals surface area contributed by atoms with Crippen LogP contribution in [-0.4, -0.2) is 34.4 Å². The summed E-state index contributed by atoms with van der Waals surface area (Å²) in [6.45, 7) is 0. The van der Waals surface area contributed by atoms with Crippen molar-refractivity contribution in [3.05, 3.63) is 48.1 Å². The van der Waals surface area contributed by atoms with Gasteiger partial charge in [0, 0.05) is 23.3 Å². The molecule has 0 atom stereocenters. The van der Waals surface area contributed by atoms with Crippen LogP contribution in [0.4, 0.5) is 0 Å². The van der Waals surface area contributed by atoms with Crippen LogP contribution in [0.5, 0.6) is 11.5 Å². The average molecular weight is 366 g/mol. The molecule has 0 unspecified atom stereocenters. The van der Waals surface area contributed by atoms with Gasteiger partial charge in [-0.3, -0.25) is 4.98 Å². The lowest BCUT2D eigenvalue weighted by Crippen LogP contribution is -1.92. The second-order valence-corrected chi connectivity index (χ2v) is 6.09. The molecular weight excluding hydrogens is 352 g/mol. The predicted molar refractivity (Wildman–Crippen MR) is 97.2 cm³/mol. The van der Waals surface area contributed by atoms with Crippen molar-refractivity contribution >= 4 is 11.3 Å². The third-order valence-electron chi connectivity index (χ3n) is 3.70. The summed E-state index contributed by atoms with van der Waals surface area (Å²) >= 11 is 1.49. The Morgan fingerprint density at radius 2 is 1.73 bits per heavy atom. The Morgan fingerprint density at radius 3 is 2.42 bits per heavy atom. The maximum Gasteiger partial charge on any atom is 0.267 e. The second kappa shape index (κ2) is 6.93. The van der Waals surface area contributed by atoms with Crippen LogP contribution >= 0.6 is 11.3 Å². The monoisotopic (exact) mass is 366 g/mol. The first-order chi connectivity index (χ1) is 12.8. The first-order valence-electron chi connectivity index (χ1n) is 7.71. The predicted octanol–water partition coefficient (Wildman–Crippen LogP) is 3.94. The highest BCUT2D eigenvalue weighted by atomic mass is 32.1. The van der Waals surface area contributed by atoms with Gasteiger partial charge in [-0.2, -0.15) is 0 Å². The van der Waals surface area contributed by atoms with Crippen LogP contribution in [0.15, 0.2) is 52.5 Å².